The van der Waals surface area contributed by atoms with E-state index >= 15 is 0 Å². The lowest BCUT2D eigenvalue weighted by Crippen LogP contribution is -2.40. The molecule has 0 heterocycles. The molecule has 0 amide bonds. The van der Waals surface area contributed by atoms with Crippen molar-refractivity contribution >= 4 is 20.1 Å². The van der Waals surface area contributed by atoms with Crippen molar-refractivity contribution in [2.45, 2.75) is 116 Å². The maximum atomic E-state index is 12.7. The third-order valence-electron chi connectivity index (χ3n) is 6.26. The predicted octanol–water partition coefficient (Wildman–Crippen LogP) is 6.34. The molecule has 1 N–H and O–H groups in total. The maximum Gasteiger partial charge on any atom is 0.267 e. The second kappa shape index (κ2) is 20.9. The molecule has 0 spiro atoms. The number of benzene rings is 1. The summed E-state index contributed by atoms with van der Waals surface area (Å²) >= 11 is 0. The normalized spacial score (nSPS) is 13.1. The summed E-state index contributed by atoms with van der Waals surface area (Å²) in [5.74, 6) is -0.0890. The zero-order valence-corrected chi connectivity index (χ0v) is 24.8. The van der Waals surface area contributed by atoms with Crippen molar-refractivity contribution in [1.82, 2.24) is 4.72 Å². The van der Waals surface area contributed by atoms with Gasteiger partial charge in [0.25, 0.3) is 10.1 Å². The molecule has 0 saturated heterocycles. The Hall–Kier alpha value is -1.00. The first-order chi connectivity index (χ1) is 17.8. The molecule has 1 unspecified atom stereocenters. The molecule has 0 saturated carbocycles. The Balaban J connectivity index is 2.40. The summed E-state index contributed by atoms with van der Waals surface area (Å²) in [6.07, 6.45) is 13.5. The molecular weight excluding hydrogens is 510 g/mol. The summed E-state index contributed by atoms with van der Waals surface area (Å²) in [5, 5.41) is 0. The van der Waals surface area contributed by atoms with E-state index in [2.05, 4.69) is 18.6 Å². The average Bonchev–Trinajstić information content (AvgIpc) is 2.87. The minimum absolute atomic E-state index is 0.0684. The maximum absolute atomic E-state index is 12.7. The Morgan fingerprint density at radius 2 is 1.32 bits per heavy atom. The summed E-state index contributed by atoms with van der Waals surface area (Å²) in [6, 6.07) is 9.16. The lowest BCUT2D eigenvalue weighted by atomic mass is 10.1. The topological polar surface area (TPSA) is 98.8 Å². The molecule has 0 aliphatic rings. The van der Waals surface area contributed by atoms with Crippen molar-refractivity contribution in [2.75, 3.05) is 24.7 Å². The average molecular weight is 562 g/mol. The second-order valence-electron chi connectivity index (χ2n) is 9.90. The van der Waals surface area contributed by atoms with Crippen molar-refractivity contribution in [3.8, 4) is 0 Å². The van der Waals surface area contributed by atoms with Crippen molar-refractivity contribution in [2.24, 2.45) is 0 Å². The molecule has 1 atom stereocenters. The Morgan fingerprint density at radius 1 is 0.730 bits per heavy atom. The van der Waals surface area contributed by atoms with E-state index in [9.17, 15) is 16.8 Å². The summed E-state index contributed by atoms with van der Waals surface area (Å²) in [4.78, 5) is 0. The fourth-order valence-electron chi connectivity index (χ4n) is 4.08. The highest BCUT2D eigenvalue weighted by molar-refractivity contribution is 7.89. The van der Waals surface area contributed by atoms with E-state index in [0.29, 0.717) is 32.5 Å². The van der Waals surface area contributed by atoms with Gasteiger partial charge in [0.15, 0.2) is 0 Å². The lowest BCUT2D eigenvalue weighted by molar-refractivity contribution is 0.121. The molecule has 7 nitrogen and oxygen atoms in total. The van der Waals surface area contributed by atoms with Gasteiger partial charge in [-0.2, -0.15) is 8.42 Å². The van der Waals surface area contributed by atoms with Gasteiger partial charge < -0.3 is 4.74 Å². The van der Waals surface area contributed by atoms with Gasteiger partial charge in [-0.05, 0) is 24.8 Å². The molecule has 1 rings (SSSR count). The van der Waals surface area contributed by atoms with Gasteiger partial charge in [-0.25, -0.2) is 13.1 Å². The van der Waals surface area contributed by atoms with Crippen LogP contribution in [0.2, 0.25) is 0 Å². The first kappa shape index (κ1) is 34.0. The standard InChI is InChI=1S/C28H51NO6S2/c1-3-5-7-9-10-11-12-17-23-36(30,31)29-28(21-16-8-6-4-2)26-35-37(32,33)24-18-22-34-25-27-19-14-13-15-20-27/h13-15,19-20,28-29H,3-12,16-18,21-26H2,1-2H3. The van der Waals surface area contributed by atoms with E-state index in [1.807, 2.05) is 30.3 Å². The van der Waals surface area contributed by atoms with Crippen LogP contribution in [-0.2, 0) is 35.7 Å². The molecule has 0 bridgehead atoms. The Morgan fingerprint density at radius 3 is 1.97 bits per heavy atom. The number of hydrogen-bond donors (Lipinski definition) is 1. The molecule has 216 valence electrons. The van der Waals surface area contributed by atoms with Gasteiger partial charge in [-0.1, -0.05) is 115 Å². The minimum atomic E-state index is -3.76. The van der Waals surface area contributed by atoms with Crippen LogP contribution in [0.5, 0.6) is 0 Å². The lowest BCUT2D eigenvalue weighted by Gasteiger charge is -2.19. The highest BCUT2D eigenvalue weighted by Gasteiger charge is 2.21. The number of nitrogens with one attached hydrogen (secondary N) is 1. The summed E-state index contributed by atoms with van der Waals surface area (Å²) in [7, 11) is -7.25. The molecule has 37 heavy (non-hydrogen) atoms. The molecule has 0 radical (unpaired) electrons. The van der Waals surface area contributed by atoms with Crippen LogP contribution >= 0.6 is 0 Å². The van der Waals surface area contributed by atoms with Crippen LogP contribution in [0.3, 0.4) is 0 Å². The Kier molecular flexibility index (Phi) is 19.2. The van der Waals surface area contributed by atoms with Crippen molar-refractivity contribution < 1.29 is 25.8 Å². The first-order valence-corrected chi connectivity index (χ1v) is 17.5. The van der Waals surface area contributed by atoms with E-state index in [1.165, 1.54) is 25.7 Å². The van der Waals surface area contributed by atoms with Crippen LogP contribution in [0.15, 0.2) is 30.3 Å². The SMILES string of the molecule is CCCCCCCCCCS(=O)(=O)NC(CCCCCC)COS(=O)(=O)CCCOCc1ccccc1. The number of hydrogen-bond acceptors (Lipinski definition) is 6. The number of unbranched alkanes of at least 4 members (excludes halogenated alkanes) is 10. The molecule has 0 aliphatic carbocycles. The monoisotopic (exact) mass is 561 g/mol. The molecule has 1 aromatic rings. The number of ether oxygens (including phenoxy) is 1. The largest absolute Gasteiger partial charge is 0.377 e. The molecule has 9 heteroatoms. The predicted molar refractivity (Wildman–Crippen MR) is 153 cm³/mol. The zero-order chi connectivity index (χ0) is 27.2. The first-order valence-electron chi connectivity index (χ1n) is 14.3. The van der Waals surface area contributed by atoms with Gasteiger partial charge in [0.2, 0.25) is 10.0 Å². The summed E-state index contributed by atoms with van der Waals surface area (Å²) in [6.45, 7) is 4.88. The smallest absolute Gasteiger partial charge is 0.267 e. The van der Waals surface area contributed by atoms with E-state index in [1.54, 1.807) is 0 Å². The fourth-order valence-corrected chi connectivity index (χ4v) is 6.44. The summed E-state index contributed by atoms with van der Waals surface area (Å²) in [5.41, 5.74) is 1.03. The van der Waals surface area contributed by atoms with E-state index < -0.39 is 26.2 Å². The Labute approximate surface area is 227 Å². The minimum Gasteiger partial charge on any atom is -0.377 e. The van der Waals surface area contributed by atoms with Crippen LogP contribution in [0, 0.1) is 0 Å². The van der Waals surface area contributed by atoms with E-state index in [-0.39, 0.29) is 18.1 Å². The van der Waals surface area contributed by atoms with Gasteiger partial charge >= 0.3 is 0 Å². The fraction of sp³-hybridized carbons (Fsp3) is 0.786. The van der Waals surface area contributed by atoms with Gasteiger partial charge in [0, 0.05) is 12.6 Å². The van der Waals surface area contributed by atoms with Gasteiger partial charge in [-0.15, -0.1) is 0 Å². The molecule has 0 fully saturated rings. The third-order valence-corrected chi connectivity index (χ3v) is 9.06. The molecule has 0 aromatic heterocycles. The van der Waals surface area contributed by atoms with E-state index in [0.717, 1.165) is 50.5 Å². The Bertz CT molecular complexity index is 875. The van der Waals surface area contributed by atoms with Gasteiger partial charge in [0.05, 0.1) is 24.7 Å². The number of sulfonamides is 1. The molecule has 1 aromatic carbocycles. The van der Waals surface area contributed by atoms with Crippen molar-refractivity contribution in [3.05, 3.63) is 35.9 Å². The van der Waals surface area contributed by atoms with E-state index in [4.69, 9.17) is 8.92 Å². The van der Waals surface area contributed by atoms with Crippen LogP contribution in [0.25, 0.3) is 0 Å². The van der Waals surface area contributed by atoms with Crippen molar-refractivity contribution in [1.29, 1.82) is 0 Å². The highest BCUT2D eigenvalue weighted by atomic mass is 32.2. The van der Waals surface area contributed by atoms with Gasteiger partial charge in [0.1, 0.15) is 0 Å². The van der Waals surface area contributed by atoms with Crippen LogP contribution in [-0.4, -0.2) is 47.6 Å². The second-order valence-corrected chi connectivity index (χ2v) is 13.5. The molecular formula is C28H51NO6S2. The highest BCUT2D eigenvalue weighted by Crippen LogP contribution is 2.12. The zero-order valence-electron chi connectivity index (χ0n) is 23.2. The van der Waals surface area contributed by atoms with Crippen LogP contribution in [0.4, 0.5) is 0 Å². The third kappa shape index (κ3) is 19.7. The molecule has 0 aliphatic heterocycles. The summed E-state index contributed by atoms with van der Waals surface area (Å²) < 4.78 is 63.6. The quantitative estimate of drug-likeness (QED) is 0.110. The van der Waals surface area contributed by atoms with Crippen molar-refractivity contribution in [3.63, 3.8) is 0 Å². The van der Waals surface area contributed by atoms with Gasteiger partial charge in [-0.3, -0.25) is 4.18 Å². The number of rotatable bonds is 25. The van der Waals surface area contributed by atoms with Crippen LogP contribution in [0.1, 0.15) is 109 Å². The van der Waals surface area contributed by atoms with Crippen LogP contribution < -0.4 is 4.72 Å².